The predicted molar refractivity (Wildman–Crippen MR) is 73.6 cm³/mol. The van der Waals surface area contributed by atoms with E-state index in [-0.39, 0.29) is 12.0 Å². The second kappa shape index (κ2) is 5.40. The number of hydrogen-bond donors (Lipinski definition) is 1. The lowest BCUT2D eigenvalue weighted by atomic mass is 10.0. The number of imidazole rings is 1. The molecule has 1 aromatic carbocycles. The van der Waals surface area contributed by atoms with E-state index in [1.165, 1.54) is 7.11 Å². The van der Waals surface area contributed by atoms with Crippen molar-refractivity contribution in [2.75, 3.05) is 7.11 Å². The number of aryl methyl sites for hydroxylation is 2. The molecule has 0 fully saturated rings. The number of rotatable bonds is 4. The molecule has 1 atom stereocenters. The maximum atomic E-state index is 11.1. The van der Waals surface area contributed by atoms with Crippen molar-refractivity contribution >= 4 is 17.0 Å². The topological polar surface area (TPSA) is 70.1 Å². The quantitative estimate of drug-likeness (QED) is 0.852. The Morgan fingerprint density at radius 3 is 2.95 bits per heavy atom. The zero-order valence-electron chi connectivity index (χ0n) is 11.5. The van der Waals surface area contributed by atoms with E-state index in [1.54, 1.807) is 0 Å². The Labute approximate surface area is 112 Å². The standard InChI is InChI=1S/C14H19N3O2/c1-9-16-12-8-10(4-6-13(12)17(9)2)11(15)5-7-14(18)19-3/h4,6,8,11H,5,7,15H2,1-3H3. The van der Waals surface area contributed by atoms with Crippen molar-refractivity contribution in [3.05, 3.63) is 29.6 Å². The minimum Gasteiger partial charge on any atom is -0.469 e. The number of ether oxygens (including phenoxy) is 1. The van der Waals surface area contributed by atoms with Gasteiger partial charge in [-0.15, -0.1) is 0 Å². The lowest BCUT2D eigenvalue weighted by Crippen LogP contribution is -2.13. The molecule has 1 aromatic heterocycles. The SMILES string of the molecule is COC(=O)CCC(N)c1ccc2c(c1)nc(C)n2C. The summed E-state index contributed by atoms with van der Waals surface area (Å²) < 4.78 is 6.66. The summed E-state index contributed by atoms with van der Waals surface area (Å²) in [6.07, 6.45) is 0.904. The second-order valence-electron chi connectivity index (χ2n) is 4.69. The van der Waals surface area contributed by atoms with E-state index < -0.39 is 0 Å². The third-order valence-electron chi connectivity index (χ3n) is 3.44. The van der Waals surface area contributed by atoms with Gasteiger partial charge in [0.25, 0.3) is 0 Å². The van der Waals surface area contributed by atoms with E-state index in [0.29, 0.717) is 12.8 Å². The molecule has 1 heterocycles. The van der Waals surface area contributed by atoms with Gasteiger partial charge in [-0.3, -0.25) is 4.79 Å². The lowest BCUT2D eigenvalue weighted by Gasteiger charge is -2.11. The van der Waals surface area contributed by atoms with Crippen molar-refractivity contribution in [1.29, 1.82) is 0 Å². The summed E-state index contributed by atoms with van der Waals surface area (Å²) in [6.45, 7) is 1.97. The summed E-state index contributed by atoms with van der Waals surface area (Å²) in [4.78, 5) is 15.6. The second-order valence-corrected chi connectivity index (χ2v) is 4.69. The molecule has 0 saturated heterocycles. The van der Waals surface area contributed by atoms with Crippen LogP contribution >= 0.6 is 0 Å². The summed E-state index contributed by atoms with van der Waals surface area (Å²) in [5, 5.41) is 0. The number of carbonyl (C=O) groups excluding carboxylic acids is 1. The molecule has 5 nitrogen and oxygen atoms in total. The molecule has 1 unspecified atom stereocenters. The third kappa shape index (κ3) is 2.76. The molecule has 0 radical (unpaired) electrons. The van der Waals surface area contributed by atoms with E-state index in [1.807, 2.05) is 36.7 Å². The van der Waals surface area contributed by atoms with Gasteiger partial charge in [-0.25, -0.2) is 4.98 Å². The van der Waals surface area contributed by atoms with E-state index in [0.717, 1.165) is 22.4 Å². The Morgan fingerprint density at radius 1 is 1.53 bits per heavy atom. The number of nitrogens with zero attached hydrogens (tertiary/aromatic N) is 2. The molecule has 0 aliphatic heterocycles. The molecule has 0 spiro atoms. The normalized spacial score (nSPS) is 12.6. The number of aromatic nitrogens is 2. The maximum Gasteiger partial charge on any atom is 0.305 e. The number of hydrogen-bond acceptors (Lipinski definition) is 4. The van der Waals surface area contributed by atoms with Crippen LogP contribution in [0.1, 0.15) is 30.3 Å². The Morgan fingerprint density at radius 2 is 2.26 bits per heavy atom. The monoisotopic (exact) mass is 261 g/mol. The smallest absolute Gasteiger partial charge is 0.305 e. The van der Waals surface area contributed by atoms with Crippen molar-refractivity contribution in [2.24, 2.45) is 12.8 Å². The summed E-state index contributed by atoms with van der Waals surface area (Å²) >= 11 is 0. The molecule has 2 aromatic rings. The Hall–Kier alpha value is -1.88. The van der Waals surface area contributed by atoms with Gasteiger partial charge in [-0.1, -0.05) is 6.07 Å². The molecule has 0 aliphatic rings. The highest BCUT2D eigenvalue weighted by Gasteiger charge is 2.12. The first-order valence-electron chi connectivity index (χ1n) is 6.28. The van der Waals surface area contributed by atoms with Crippen molar-refractivity contribution in [2.45, 2.75) is 25.8 Å². The van der Waals surface area contributed by atoms with Gasteiger partial charge < -0.3 is 15.0 Å². The van der Waals surface area contributed by atoms with E-state index >= 15 is 0 Å². The molecule has 0 aliphatic carbocycles. The van der Waals surface area contributed by atoms with Crippen LogP contribution in [0, 0.1) is 6.92 Å². The summed E-state index contributed by atoms with van der Waals surface area (Å²) in [6, 6.07) is 5.82. The molecule has 2 N–H and O–H groups in total. The predicted octanol–water partition coefficient (Wildman–Crippen LogP) is 1.83. The summed E-state index contributed by atoms with van der Waals surface area (Å²) in [7, 11) is 3.37. The zero-order chi connectivity index (χ0) is 14.0. The average molecular weight is 261 g/mol. The Balaban J connectivity index is 2.18. The average Bonchev–Trinajstić information content (AvgIpc) is 2.70. The largest absolute Gasteiger partial charge is 0.469 e. The molecule has 2 rings (SSSR count). The van der Waals surface area contributed by atoms with Crippen LogP contribution in [0.4, 0.5) is 0 Å². The van der Waals surface area contributed by atoms with Crippen LogP contribution in [0.2, 0.25) is 0 Å². The van der Waals surface area contributed by atoms with Crippen LogP contribution in [-0.2, 0) is 16.6 Å². The minimum atomic E-state index is -0.231. The molecule has 5 heteroatoms. The molecule has 0 amide bonds. The van der Waals surface area contributed by atoms with Crippen LogP contribution < -0.4 is 5.73 Å². The highest BCUT2D eigenvalue weighted by atomic mass is 16.5. The fraction of sp³-hybridized carbons (Fsp3) is 0.429. The van der Waals surface area contributed by atoms with Crippen molar-refractivity contribution in [3.8, 4) is 0 Å². The zero-order valence-corrected chi connectivity index (χ0v) is 11.5. The highest BCUT2D eigenvalue weighted by molar-refractivity contribution is 5.77. The number of nitrogens with two attached hydrogens (primary N) is 1. The third-order valence-corrected chi connectivity index (χ3v) is 3.44. The number of carbonyl (C=O) groups is 1. The first kappa shape index (κ1) is 13.5. The first-order chi connectivity index (χ1) is 9.02. The van der Waals surface area contributed by atoms with E-state index in [4.69, 9.17) is 5.73 Å². The van der Waals surface area contributed by atoms with Crippen molar-refractivity contribution in [1.82, 2.24) is 9.55 Å². The lowest BCUT2D eigenvalue weighted by molar-refractivity contribution is -0.140. The minimum absolute atomic E-state index is 0.175. The number of benzene rings is 1. The van der Waals surface area contributed by atoms with Crippen LogP contribution in [0.5, 0.6) is 0 Å². The number of esters is 1. The fourth-order valence-electron chi connectivity index (χ4n) is 2.11. The Kier molecular flexibility index (Phi) is 3.85. The summed E-state index contributed by atoms with van der Waals surface area (Å²) in [5.41, 5.74) is 9.11. The van der Waals surface area contributed by atoms with Crippen LogP contribution in [0.15, 0.2) is 18.2 Å². The van der Waals surface area contributed by atoms with Gasteiger partial charge in [-0.05, 0) is 31.0 Å². The number of fused-ring (bicyclic) bond motifs is 1. The van der Waals surface area contributed by atoms with Crippen molar-refractivity contribution < 1.29 is 9.53 Å². The van der Waals surface area contributed by atoms with E-state index in [9.17, 15) is 4.79 Å². The van der Waals surface area contributed by atoms with Gasteiger partial charge in [0.2, 0.25) is 0 Å². The van der Waals surface area contributed by atoms with Gasteiger partial charge >= 0.3 is 5.97 Å². The van der Waals surface area contributed by atoms with Gasteiger partial charge in [0, 0.05) is 19.5 Å². The molecular formula is C14H19N3O2. The first-order valence-corrected chi connectivity index (χ1v) is 6.28. The molecule has 0 saturated carbocycles. The van der Waals surface area contributed by atoms with Gasteiger partial charge in [0.15, 0.2) is 0 Å². The van der Waals surface area contributed by atoms with Gasteiger partial charge in [0.05, 0.1) is 18.1 Å². The Bertz CT molecular complexity index is 604. The fourth-order valence-corrected chi connectivity index (χ4v) is 2.11. The summed E-state index contributed by atoms with van der Waals surface area (Å²) in [5.74, 6) is 0.737. The van der Waals surface area contributed by atoms with Crippen LogP contribution in [0.3, 0.4) is 0 Å². The van der Waals surface area contributed by atoms with Crippen LogP contribution in [0.25, 0.3) is 11.0 Å². The molecule has 0 bridgehead atoms. The molecule has 19 heavy (non-hydrogen) atoms. The van der Waals surface area contributed by atoms with Gasteiger partial charge in [-0.2, -0.15) is 0 Å². The van der Waals surface area contributed by atoms with Crippen molar-refractivity contribution in [3.63, 3.8) is 0 Å². The number of methoxy groups -OCH3 is 1. The van der Waals surface area contributed by atoms with Crippen LogP contribution in [-0.4, -0.2) is 22.6 Å². The van der Waals surface area contributed by atoms with E-state index in [2.05, 4.69) is 9.72 Å². The molecule has 102 valence electrons. The maximum absolute atomic E-state index is 11.1. The van der Waals surface area contributed by atoms with Gasteiger partial charge in [0.1, 0.15) is 5.82 Å². The molecular weight excluding hydrogens is 242 g/mol. The highest BCUT2D eigenvalue weighted by Crippen LogP contribution is 2.22.